The molecule has 0 aliphatic rings. The molecular formula is C18H22O6. The Morgan fingerprint density at radius 1 is 1.00 bits per heavy atom. The first-order valence-corrected chi connectivity index (χ1v) is 7.45. The second-order valence-corrected chi connectivity index (χ2v) is 5.21. The quantitative estimate of drug-likeness (QED) is 0.313. The number of rotatable bonds is 8. The van der Waals surface area contributed by atoms with Gasteiger partial charge in [-0.3, -0.25) is 14.4 Å². The Kier molecular flexibility index (Phi) is 7.68. The Morgan fingerprint density at radius 3 is 2.08 bits per heavy atom. The summed E-state index contributed by atoms with van der Waals surface area (Å²) in [6.07, 6.45) is 3.40. The molecule has 0 amide bonds. The van der Waals surface area contributed by atoms with Crippen molar-refractivity contribution in [3.05, 3.63) is 48.0 Å². The van der Waals surface area contributed by atoms with E-state index < -0.39 is 23.3 Å². The molecule has 0 fully saturated rings. The minimum absolute atomic E-state index is 0.0685. The monoisotopic (exact) mass is 334 g/mol. The van der Waals surface area contributed by atoms with Crippen molar-refractivity contribution in [1.82, 2.24) is 0 Å². The molecule has 0 heterocycles. The van der Waals surface area contributed by atoms with Crippen LogP contribution in [0.5, 0.6) is 0 Å². The third-order valence-electron chi connectivity index (χ3n) is 3.52. The summed E-state index contributed by atoms with van der Waals surface area (Å²) in [6.45, 7) is 1.37. The zero-order valence-electron chi connectivity index (χ0n) is 14.1. The molecule has 0 saturated heterocycles. The smallest absolute Gasteiger partial charge is 0.323 e. The van der Waals surface area contributed by atoms with Crippen LogP contribution in [0.2, 0.25) is 0 Å². The summed E-state index contributed by atoms with van der Waals surface area (Å²) in [5, 5.41) is 0. The molecule has 0 N–H and O–H groups in total. The van der Waals surface area contributed by atoms with Gasteiger partial charge in [-0.2, -0.15) is 0 Å². The molecular weight excluding hydrogens is 312 g/mol. The predicted molar refractivity (Wildman–Crippen MR) is 87.0 cm³/mol. The Bertz CT molecular complexity index is 575. The van der Waals surface area contributed by atoms with Crippen LogP contribution in [0.3, 0.4) is 0 Å². The molecule has 24 heavy (non-hydrogen) atoms. The fraction of sp³-hybridized carbons (Fsp3) is 0.389. The number of esters is 3. The summed E-state index contributed by atoms with van der Waals surface area (Å²) in [5.41, 5.74) is -0.681. The number of hydrogen-bond donors (Lipinski definition) is 0. The lowest BCUT2D eigenvalue weighted by atomic mass is 9.78. The number of benzene rings is 1. The maximum absolute atomic E-state index is 12.4. The second-order valence-electron chi connectivity index (χ2n) is 5.21. The molecule has 0 aromatic heterocycles. The van der Waals surface area contributed by atoms with Gasteiger partial charge < -0.3 is 14.2 Å². The second kappa shape index (κ2) is 9.50. The fourth-order valence-electron chi connectivity index (χ4n) is 2.32. The van der Waals surface area contributed by atoms with E-state index in [1.165, 1.54) is 21.1 Å². The van der Waals surface area contributed by atoms with Gasteiger partial charge >= 0.3 is 17.9 Å². The van der Waals surface area contributed by atoms with Crippen LogP contribution in [0.4, 0.5) is 0 Å². The van der Waals surface area contributed by atoms with Gasteiger partial charge in [0.25, 0.3) is 0 Å². The Hall–Kier alpha value is -2.63. The van der Waals surface area contributed by atoms with E-state index in [-0.39, 0.29) is 19.4 Å². The van der Waals surface area contributed by atoms with Gasteiger partial charge in [-0.15, -0.1) is 0 Å². The number of hydrogen-bond acceptors (Lipinski definition) is 6. The van der Waals surface area contributed by atoms with Crippen LogP contribution in [0.25, 0.3) is 0 Å². The van der Waals surface area contributed by atoms with Gasteiger partial charge in [-0.25, -0.2) is 0 Å². The van der Waals surface area contributed by atoms with Crippen molar-refractivity contribution in [2.45, 2.75) is 19.8 Å². The van der Waals surface area contributed by atoms with Gasteiger partial charge in [0.1, 0.15) is 6.61 Å². The zero-order chi connectivity index (χ0) is 18.0. The highest BCUT2D eigenvalue weighted by Crippen LogP contribution is 2.31. The molecule has 0 bridgehead atoms. The topological polar surface area (TPSA) is 78.9 Å². The van der Waals surface area contributed by atoms with E-state index in [9.17, 15) is 14.4 Å². The van der Waals surface area contributed by atoms with Gasteiger partial charge in [0, 0.05) is 6.92 Å². The van der Waals surface area contributed by atoms with Gasteiger partial charge in [-0.05, 0) is 18.4 Å². The van der Waals surface area contributed by atoms with Crippen molar-refractivity contribution in [2.75, 3.05) is 20.8 Å². The maximum Gasteiger partial charge on any atom is 0.323 e. The third-order valence-corrected chi connectivity index (χ3v) is 3.52. The maximum atomic E-state index is 12.4. The van der Waals surface area contributed by atoms with Gasteiger partial charge in [0.15, 0.2) is 5.41 Å². The first kappa shape index (κ1) is 19.4. The zero-order valence-corrected chi connectivity index (χ0v) is 14.1. The highest BCUT2D eigenvalue weighted by Gasteiger charge is 2.47. The highest BCUT2D eigenvalue weighted by molar-refractivity contribution is 6.00. The molecule has 1 aromatic rings. The first-order valence-electron chi connectivity index (χ1n) is 7.45. The lowest BCUT2D eigenvalue weighted by molar-refractivity contribution is -0.169. The van der Waals surface area contributed by atoms with Crippen LogP contribution in [0.15, 0.2) is 42.5 Å². The lowest BCUT2D eigenvalue weighted by Crippen LogP contribution is -2.43. The average molecular weight is 334 g/mol. The van der Waals surface area contributed by atoms with Gasteiger partial charge in [-0.1, -0.05) is 42.5 Å². The molecule has 6 nitrogen and oxygen atoms in total. The molecule has 1 rings (SSSR count). The van der Waals surface area contributed by atoms with Crippen LogP contribution in [0, 0.1) is 5.41 Å². The number of allylic oxidation sites excluding steroid dienone is 1. The van der Waals surface area contributed by atoms with Crippen LogP contribution >= 0.6 is 0 Å². The van der Waals surface area contributed by atoms with Crippen molar-refractivity contribution in [2.24, 2.45) is 5.41 Å². The molecule has 0 atom stereocenters. The molecule has 0 aliphatic heterocycles. The third kappa shape index (κ3) is 5.22. The summed E-state index contributed by atoms with van der Waals surface area (Å²) in [6, 6.07) is 9.14. The Balaban J connectivity index is 3.05. The first-order chi connectivity index (χ1) is 11.5. The fourth-order valence-corrected chi connectivity index (χ4v) is 2.32. The van der Waals surface area contributed by atoms with E-state index in [1.807, 2.05) is 30.3 Å². The summed E-state index contributed by atoms with van der Waals surface area (Å²) in [5.74, 6) is -1.75. The summed E-state index contributed by atoms with van der Waals surface area (Å²) >= 11 is 0. The minimum atomic E-state index is -1.49. The molecule has 1 aromatic carbocycles. The van der Waals surface area contributed by atoms with Crippen molar-refractivity contribution in [1.29, 1.82) is 0 Å². The number of carbonyl (C=O) groups excluding carboxylic acids is 3. The summed E-state index contributed by atoms with van der Waals surface area (Å²) in [7, 11) is 2.46. The van der Waals surface area contributed by atoms with Crippen molar-refractivity contribution < 1.29 is 28.6 Å². The summed E-state index contributed by atoms with van der Waals surface area (Å²) in [4.78, 5) is 35.5. The van der Waals surface area contributed by atoms with Gasteiger partial charge in [0.2, 0.25) is 0 Å². The largest absolute Gasteiger partial charge is 0.468 e. The standard InChI is InChI=1S/C18H22O6/c1-14(19)24-12-8-7-11-18(16(20)22-2,17(21)23-3)13-15-9-5-4-6-10-15/h4-10H,11-13H2,1-3H3/b8-7-. The van der Waals surface area contributed by atoms with Crippen LogP contribution < -0.4 is 0 Å². The SMILES string of the molecule is COC(=O)C(C/C=C\COC(C)=O)(Cc1ccccc1)C(=O)OC. The average Bonchev–Trinajstić information content (AvgIpc) is 2.59. The molecule has 0 radical (unpaired) electrons. The Morgan fingerprint density at radius 2 is 1.58 bits per heavy atom. The predicted octanol–water partition coefficient (Wildman–Crippen LogP) is 2.07. The highest BCUT2D eigenvalue weighted by atomic mass is 16.5. The van der Waals surface area contributed by atoms with Crippen LogP contribution in [-0.4, -0.2) is 38.7 Å². The van der Waals surface area contributed by atoms with Gasteiger partial charge in [0.05, 0.1) is 14.2 Å². The minimum Gasteiger partial charge on any atom is -0.468 e. The molecule has 130 valence electrons. The molecule has 0 unspecified atom stereocenters. The summed E-state index contributed by atoms with van der Waals surface area (Å²) < 4.78 is 14.5. The van der Waals surface area contributed by atoms with Crippen molar-refractivity contribution >= 4 is 17.9 Å². The van der Waals surface area contributed by atoms with E-state index in [2.05, 4.69) is 0 Å². The van der Waals surface area contributed by atoms with E-state index in [0.29, 0.717) is 0 Å². The van der Waals surface area contributed by atoms with E-state index in [4.69, 9.17) is 14.2 Å². The van der Waals surface area contributed by atoms with E-state index >= 15 is 0 Å². The number of ether oxygens (including phenoxy) is 3. The van der Waals surface area contributed by atoms with Crippen molar-refractivity contribution in [3.63, 3.8) is 0 Å². The lowest BCUT2D eigenvalue weighted by Gasteiger charge is -2.27. The molecule has 0 aliphatic carbocycles. The molecule has 6 heteroatoms. The molecule has 0 spiro atoms. The Labute approximate surface area is 141 Å². The van der Waals surface area contributed by atoms with Crippen LogP contribution in [-0.2, 0) is 35.0 Å². The normalized spacial score (nSPS) is 11.1. The van der Waals surface area contributed by atoms with E-state index in [0.717, 1.165) is 5.56 Å². The number of carbonyl (C=O) groups is 3. The van der Waals surface area contributed by atoms with Crippen LogP contribution in [0.1, 0.15) is 18.9 Å². The molecule has 0 saturated carbocycles. The van der Waals surface area contributed by atoms with E-state index in [1.54, 1.807) is 12.2 Å². The van der Waals surface area contributed by atoms with Crippen molar-refractivity contribution in [3.8, 4) is 0 Å². The number of methoxy groups -OCH3 is 2.